The molecule has 1 heterocycles. The van der Waals surface area contributed by atoms with Crippen molar-refractivity contribution in [1.29, 1.82) is 0 Å². The highest BCUT2D eigenvalue weighted by Crippen LogP contribution is 2.39. The van der Waals surface area contributed by atoms with E-state index >= 15 is 0 Å². The number of halogens is 2. The van der Waals surface area contributed by atoms with E-state index in [1.54, 1.807) is 0 Å². The maximum atomic E-state index is 6.11. The Hall–Kier alpha value is -1.51. The number of benzene rings is 2. The van der Waals surface area contributed by atoms with Crippen LogP contribution in [0.3, 0.4) is 0 Å². The topological polar surface area (TPSA) is 15.6 Å². The van der Waals surface area contributed by atoms with Gasteiger partial charge < -0.3 is 4.90 Å². The van der Waals surface area contributed by atoms with Gasteiger partial charge in [0, 0.05) is 21.3 Å². The minimum absolute atomic E-state index is 0.166. The fraction of sp³-hybridized carbons (Fsp3) is 0.188. The molecule has 0 radical (unpaired) electrons. The molecule has 1 aliphatic heterocycles. The lowest BCUT2D eigenvalue weighted by molar-refractivity contribution is 0.777. The second-order valence-electron chi connectivity index (χ2n) is 4.89. The Morgan fingerprint density at radius 2 is 1.80 bits per heavy atom. The standard InChI is InChI=1S/C16H14Cl2N2/c1-10-15-9-13(18)6-7-16(15)19-11(2)20(10)14-5-3-4-12(17)8-14/h3-10H,1-2H3. The Bertz CT molecular complexity index is 695. The van der Waals surface area contributed by atoms with Crippen LogP contribution < -0.4 is 4.90 Å². The van der Waals surface area contributed by atoms with Gasteiger partial charge in [-0.1, -0.05) is 29.3 Å². The van der Waals surface area contributed by atoms with E-state index in [-0.39, 0.29) is 6.04 Å². The third-order valence-electron chi connectivity index (χ3n) is 3.54. The van der Waals surface area contributed by atoms with Gasteiger partial charge in [-0.25, -0.2) is 4.99 Å². The second kappa shape index (κ2) is 5.12. The van der Waals surface area contributed by atoms with Crippen molar-refractivity contribution in [2.45, 2.75) is 19.9 Å². The first-order chi connectivity index (χ1) is 9.56. The van der Waals surface area contributed by atoms with Crippen LogP contribution in [0, 0.1) is 0 Å². The molecule has 0 bridgehead atoms. The predicted molar refractivity (Wildman–Crippen MR) is 86.6 cm³/mol. The Morgan fingerprint density at radius 3 is 2.55 bits per heavy atom. The first-order valence-corrected chi connectivity index (χ1v) is 7.21. The molecular formula is C16H14Cl2N2. The predicted octanol–water partition coefficient (Wildman–Crippen LogP) is 5.62. The quantitative estimate of drug-likeness (QED) is 0.667. The molecule has 1 atom stereocenters. The van der Waals surface area contributed by atoms with Crippen molar-refractivity contribution in [2.24, 2.45) is 4.99 Å². The Morgan fingerprint density at radius 1 is 1.05 bits per heavy atom. The first kappa shape index (κ1) is 13.5. The summed E-state index contributed by atoms with van der Waals surface area (Å²) in [6.45, 7) is 4.16. The average Bonchev–Trinajstić information content (AvgIpc) is 2.40. The molecule has 0 aromatic heterocycles. The fourth-order valence-corrected chi connectivity index (χ4v) is 3.01. The van der Waals surface area contributed by atoms with Crippen LogP contribution in [-0.2, 0) is 0 Å². The van der Waals surface area contributed by atoms with Gasteiger partial charge in [-0.05, 0) is 50.2 Å². The molecule has 2 nitrogen and oxygen atoms in total. The lowest BCUT2D eigenvalue weighted by Crippen LogP contribution is -2.34. The molecule has 0 fully saturated rings. The molecule has 0 saturated carbocycles. The van der Waals surface area contributed by atoms with Gasteiger partial charge in [0.2, 0.25) is 0 Å². The zero-order chi connectivity index (χ0) is 14.3. The van der Waals surface area contributed by atoms with Crippen molar-refractivity contribution in [3.05, 3.63) is 58.1 Å². The van der Waals surface area contributed by atoms with Gasteiger partial charge in [0.1, 0.15) is 5.84 Å². The Labute approximate surface area is 128 Å². The van der Waals surface area contributed by atoms with Crippen LogP contribution in [-0.4, -0.2) is 5.84 Å². The zero-order valence-corrected chi connectivity index (χ0v) is 12.8. The summed E-state index contributed by atoms with van der Waals surface area (Å²) in [4.78, 5) is 6.84. The molecule has 1 unspecified atom stereocenters. The zero-order valence-electron chi connectivity index (χ0n) is 11.3. The molecule has 3 rings (SSSR count). The van der Waals surface area contributed by atoms with Gasteiger partial charge in [0.05, 0.1) is 11.7 Å². The van der Waals surface area contributed by atoms with Gasteiger partial charge >= 0.3 is 0 Å². The van der Waals surface area contributed by atoms with E-state index in [1.165, 1.54) is 0 Å². The molecule has 0 amide bonds. The van der Waals surface area contributed by atoms with Gasteiger partial charge in [-0.3, -0.25) is 0 Å². The lowest BCUT2D eigenvalue weighted by atomic mass is 10.0. The van der Waals surface area contributed by atoms with Crippen LogP contribution in [0.4, 0.5) is 11.4 Å². The smallest absolute Gasteiger partial charge is 0.107 e. The summed E-state index contributed by atoms with van der Waals surface area (Å²) in [7, 11) is 0. The van der Waals surface area contributed by atoms with Gasteiger partial charge in [-0.2, -0.15) is 0 Å². The average molecular weight is 305 g/mol. The van der Waals surface area contributed by atoms with Crippen LogP contribution in [0.2, 0.25) is 10.0 Å². The Balaban J connectivity index is 2.11. The molecular weight excluding hydrogens is 291 g/mol. The SMILES string of the molecule is CC1=Nc2ccc(Cl)cc2C(C)N1c1cccc(Cl)c1. The first-order valence-electron chi connectivity index (χ1n) is 6.46. The molecule has 1 aliphatic rings. The van der Waals surface area contributed by atoms with Crippen LogP contribution in [0.5, 0.6) is 0 Å². The summed E-state index contributed by atoms with van der Waals surface area (Å²) in [5.74, 6) is 0.953. The maximum absolute atomic E-state index is 6.11. The largest absolute Gasteiger partial charge is 0.323 e. The van der Waals surface area contributed by atoms with E-state index in [2.05, 4.69) is 16.8 Å². The minimum atomic E-state index is 0.166. The van der Waals surface area contributed by atoms with Crippen LogP contribution in [0.15, 0.2) is 47.5 Å². The van der Waals surface area contributed by atoms with Crippen molar-refractivity contribution in [3.8, 4) is 0 Å². The second-order valence-corrected chi connectivity index (χ2v) is 5.76. The van der Waals surface area contributed by atoms with Crippen molar-refractivity contribution in [1.82, 2.24) is 0 Å². The summed E-state index contributed by atoms with van der Waals surface area (Å²) in [6.07, 6.45) is 0. The van der Waals surface area contributed by atoms with E-state index < -0.39 is 0 Å². The number of rotatable bonds is 1. The van der Waals surface area contributed by atoms with Crippen molar-refractivity contribution in [2.75, 3.05) is 4.90 Å². The van der Waals surface area contributed by atoms with Gasteiger partial charge in [0.25, 0.3) is 0 Å². The summed E-state index contributed by atoms with van der Waals surface area (Å²) in [5, 5.41) is 1.45. The molecule has 0 spiro atoms. The van der Waals surface area contributed by atoms with Gasteiger partial charge in [-0.15, -0.1) is 0 Å². The third-order valence-corrected chi connectivity index (χ3v) is 4.01. The lowest BCUT2D eigenvalue weighted by Gasteiger charge is -2.35. The minimum Gasteiger partial charge on any atom is -0.323 e. The summed E-state index contributed by atoms with van der Waals surface area (Å²) >= 11 is 12.2. The van der Waals surface area contributed by atoms with E-state index in [1.807, 2.05) is 49.4 Å². The van der Waals surface area contributed by atoms with Crippen LogP contribution in [0.25, 0.3) is 0 Å². The molecule has 20 heavy (non-hydrogen) atoms. The highest BCUT2D eigenvalue weighted by molar-refractivity contribution is 6.31. The monoisotopic (exact) mass is 304 g/mol. The number of hydrogen-bond acceptors (Lipinski definition) is 2. The van der Waals surface area contributed by atoms with E-state index in [9.17, 15) is 0 Å². The number of aliphatic imine (C=N–C) groups is 1. The molecule has 102 valence electrons. The highest BCUT2D eigenvalue weighted by atomic mass is 35.5. The van der Waals surface area contributed by atoms with E-state index in [4.69, 9.17) is 23.2 Å². The molecule has 2 aromatic carbocycles. The van der Waals surface area contributed by atoms with Crippen molar-refractivity contribution >= 4 is 40.4 Å². The Kier molecular flexibility index (Phi) is 3.45. The van der Waals surface area contributed by atoms with Crippen LogP contribution >= 0.6 is 23.2 Å². The summed E-state index contributed by atoms with van der Waals surface area (Å²) in [6, 6.07) is 13.8. The molecule has 4 heteroatoms. The normalized spacial score (nSPS) is 17.7. The molecule has 0 saturated heterocycles. The number of nitrogens with zero attached hydrogens (tertiary/aromatic N) is 2. The molecule has 0 N–H and O–H groups in total. The summed E-state index contributed by atoms with van der Waals surface area (Å²) < 4.78 is 0. The highest BCUT2D eigenvalue weighted by Gasteiger charge is 2.26. The van der Waals surface area contributed by atoms with Crippen LogP contribution in [0.1, 0.15) is 25.5 Å². The number of fused-ring (bicyclic) bond motifs is 1. The third kappa shape index (κ3) is 2.30. The number of hydrogen-bond donors (Lipinski definition) is 0. The van der Waals surface area contributed by atoms with Gasteiger partial charge in [0.15, 0.2) is 0 Å². The molecule has 2 aromatic rings. The summed E-state index contributed by atoms with van der Waals surface area (Å²) in [5.41, 5.74) is 3.15. The number of amidine groups is 1. The maximum Gasteiger partial charge on any atom is 0.107 e. The fourth-order valence-electron chi connectivity index (χ4n) is 2.65. The van der Waals surface area contributed by atoms with Crippen molar-refractivity contribution in [3.63, 3.8) is 0 Å². The molecule has 0 aliphatic carbocycles. The van der Waals surface area contributed by atoms with E-state index in [0.29, 0.717) is 0 Å². The number of anilines is 1. The van der Waals surface area contributed by atoms with E-state index in [0.717, 1.165) is 32.8 Å². The van der Waals surface area contributed by atoms with Crippen molar-refractivity contribution < 1.29 is 0 Å².